The summed E-state index contributed by atoms with van der Waals surface area (Å²) in [4.78, 5) is 9.04. The predicted octanol–water partition coefficient (Wildman–Crippen LogP) is 0.446. The van der Waals surface area contributed by atoms with Crippen molar-refractivity contribution in [3.05, 3.63) is 18.2 Å². The molecule has 0 radical (unpaired) electrons. The first kappa shape index (κ1) is 13.5. The van der Waals surface area contributed by atoms with Crippen LogP contribution in [0.15, 0.2) is 12.5 Å². The maximum atomic E-state index is 5.99. The minimum atomic E-state index is 0.292. The van der Waals surface area contributed by atoms with Crippen molar-refractivity contribution >= 4 is 0 Å². The first-order chi connectivity index (χ1) is 8.63. The normalized spacial score (nSPS) is 23.5. The van der Waals surface area contributed by atoms with Crippen LogP contribution in [0, 0.1) is 0 Å². The molecule has 2 unspecified atom stereocenters. The van der Waals surface area contributed by atoms with E-state index in [0.717, 1.165) is 13.1 Å². The molecular weight excluding hydrogens is 226 g/mol. The largest absolute Gasteiger partial charge is 0.336 e. The quantitative estimate of drug-likeness (QED) is 0.844. The van der Waals surface area contributed by atoms with E-state index in [1.807, 2.05) is 19.6 Å². The molecule has 2 rings (SSSR count). The maximum Gasteiger partial charge on any atom is 0.0946 e. The van der Waals surface area contributed by atoms with E-state index in [-0.39, 0.29) is 0 Å². The van der Waals surface area contributed by atoms with Gasteiger partial charge in [-0.25, -0.2) is 4.98 Å². The van der Waals surface area contributed by atoms with E-state index in [9.17, 15) is 0 Å². The summed E-state index contributed by atoms with van der Waals surface area (Å²) in [5.74, 6) is 0. The van der Waals surface area contributed by atoms with Crippen molar-refractivity contribution < 1.29 is 0 Å². The number of piperidine rings is 1. The van der Waals surface area contributed by atoms with Gasteiger partial charge in [0.25, 0.3) is 0 Å². The molecule has 5 heteroatoms. The van der Waals surface area contributed by atoms with Gasteiger partial charge in [-0.15, -0.1) is 0 Å². The number of nitrogens with two attached hydrogens (primary N) is 1. The van der Waals surface area contributed by atoms with Gasteiger partial charge in [0.05, 0.1) is 18.1 Å². The Morgan fingerprint density at radius 3 is 2.89 bits per heavy atom. The number of rotatable bonds is 4. The molecule has 2 atom stereocenters. The molecule has 0 amide bonds. The molecule has 0 saturated carbocycles. The summed E-state index contributed by atoms with van der Waals surface area (Å²) in [7, 11) is 6.36. The number of aromatic nitrogens is 2. The summed E-state index contributed by atoms with van der Waals surface area (Å²) in [6.45, 7) is 2.89. The molecule has 0 aromatic carbocycles. The van der Waals surface area contributed by atoms with Crippen molar-refractivity contribution in [1.82, 2.24) is 19.4 Å². The van der Waals surface area contributed by atoms with Crippen molar-refractivity contribution in [3.63, 3.8) is 0 Å². The minimum absolute atomic E-state index is 0.292. The van der Waals surface area contributed by atoms with E-state index < -0.39 is 0 Å². The van der Waals surface area contributed by atoms with Gasteiger partial charge in [-0.3, -0.25) is 4.90 Å². The molecule has 1 saturated heterocycles. The highest BCUT2D eigenvalue weighted by Gasteiger charge is 2.28. The third-order valence-corrected chi connectivity index (χ3v) is 4.02. The van der Waals surface area contributed by atoms with Gasteiger partial charge in [0, 0.05) is 32.4 Å². The highest BCUT2D eigenvalue weighted by Crippen LogP contribution is 2.24. The number of nitrogens with zero attached hydrogens (tertiary/aromatic N) is 4. The summed E-state index contributed by atoms with van der Waals surface area (Å²) in [5.41, 5.74) is 7.21. The van der Waals surface area contributed by atoms with Crippen molar-refractivity contribution in [2.24, 2.45) is 12.8 Å². The molecule has 0 spiro atoms. The molecule has 0 bridgehead atoms. The monoisotopic (exact) mass is 251 g/mol. The summed E-state index contributed by atoms with van der Waals surface area (Å²) in [5, 5.41) is 0. The molecule has 1 aliphatic heterocycles. The van der Waals surface area contributed by atoms with Crippen LogP contribution in [0.3, 0.4) is 0 Å². The highest BCUT2D eigenvalue weighted by molar-refractivity contribution is 5.06. The number of hydrogen-bond donors (Lipinski definition) is 1. The second-order valence-electron chi connectivity index (χ2n) is 5.44. The van der Waals surface area contributed by atoms with E-state index in [2.05, 4.69) is 33.4 Å². The number of likely N-dealkylation sites (N-methyl/N-ethyl adjacent to an activating group) is 1. The maximum absolute atomic E-state index is 5.99. The first-order valence-corrected chi connectivity index (χ1v) is 6.70. The lowest BCUT2D eigenvalue weighted by atomic mass is 10.0. The van der Waals surface area contributed by atoms with Gasteiger partial charge in [-0.05, 0) is 33.5 Å². The van der Waals surface area contributed by atoms with Gasteiger partial charge in [-0.1, -0.05) is 0 Å². The van der Waals surface area contributed by atoms with E-state index >= 15 is 0 Å². The molecule has 5 nitrogen and oxygen atoms in total. The minimum Gasteiger partial charge on any atom is -0.336 e. The van der Waals surface area contributed by atoms with Crippen LogP contribution in [0.2, 0.25) is 0 Å². The number of imidazole rings is 1. The van der Waals surface area contributed by atoms with Gasteiger partial charge < -0.3 is 15.2 Å². The standard InChI is InChI=1S/C13H25N5/c1-16(2)11-5-4-6-18(9-11)12(7-14)13-8-15-10-17(13)3/h8,10-12H,4-7,9,14H2,1-3H3. The van der Waals surface area contributed by atoms with Gasteiger partial charge >= 0.3 is 0 Å². The SMILES string of the molecule is CN(C)C1CCCN(C(CN)c2cncn2C)C1. The average molecular weight is 251 g/mol. The predicted molar refractivity (Wildman–Crippen MR) is 73.3 cm³/mol. The third-order valence-electron chi connectivity index (χ3n) is 4.02. The molecule has 18 heavy (non-hydrogen) atoms. The first-order valence-electron chi connectivity index (χ1n) is 6.70. The number of aryl methyl sites for hydroxylation is 1. The Labute approximate surface area is 110 Å². The fourth-order valence-corrected chi connectivity index (χ4v) is 2.83. The summed E-state index contributed by atoms with van der Waals surface area (Å²) in [6, 6.07) is 0.932. The zero-order chi connectivity index (χ0) is 13.1. The van der Waals surface area contributed by atoms with Crippen LogP contribution in [0.1, 0.15) is 24.6 Å². The summed E-state index contributed by atoms with van der Waals surface area (Å²) in [6.07, 6.45) is 6.32. The topological polar surface area (TPSA) is 50.3 Å². The lowest BCUT2D eigenvalue weighted by Crippen LogP contribution is -2.48. The Morgan fingerprint density at radius 1 is 1.56 bits per heavy atom. The Balaban J connectivity index is 2.11. The van der Waals surface area contributed by atoms with Crippen LogP contribution in [-0.2, 0) is 7.05 Å². The van der Waals surface area contributed by atoms with E-state index in [4.69, 9.17) is 5.73 Å². The van der Waals surface area contributed by atoms with E-state index in [1.165, 1.54) is 18.5 Å². The van der Waals surface area contributed by atoms with Crippen LogP contribution in [0.5, 0.6) is 0 Å². The Bertz CT molecular complexity index is 373. The molecule has 1 aromatic rings. The zero-order valence-corrected chi connectivity index (χ0v) is 11.7. The lowest BCUT2D eigenvalue weighted by Gasteiger charge is -2.40. The molecular formula is C13H25N5. The molecule has 102 valence electrons. The van der Waals surface area contributed by atoms with Gasteiger partial charge in [0.1, 0.15) is 0 Å². The summed E-state index contributed by atoms with van der Waals surface area (Å²) >= 11 is 0. The van der Waals surface area contributed by atoms with Crippen molar-refractivity contribution in [2.75, 3.05) is 33.7 Å². The van der Waals surface area contributed by atoms with Crippen LogP contribution >= 0.6 is 0 Å². The van der Waals surface area contributed by atoms with E-state index in [0.29, 0.717) is 18.6 Å². The molecule has 2 N–H and O–H groups in total. The van der Waals surface area contributed by atoms with Gasteiger partial charge in [0.15, 0.2) is 0 Å². The fourth-order valence-electron chi connectivity index (χ4n) is 2.83. The Hall–Kier alpha value is -0.910. The van der Waals surface area contributed by atoms with Gasteiger partial charge in [0.2, 0.25) is 0 Å². The molecule has 2 heterocycles. The van der Waals surface area contributed by atoms with Crippen LogP contribution in [0.4, 0.5) is 0 Å². The van der Waals surface area contributed by atoms with Crippen molar-refractivity contribution in [3.8, 4) is 0 Å². The zero-order valence-electron chi connectivity index (χ0n) is 11.7. The Morgan fingerprint density at radius 2 is 2.33 bits per heavy atom. The second-order valence-corrected chi connectivity index (χ2v) is 5.44. The molecule has 1 fully saturated rings. The third kappa shape index (κ3) is 2.74. The number of likely N-dealkylation sites (tertiary alicyclic amines) is 1. The van der Waals surface area contributed by atoms with E-state index in [1.54, 1.807) is 0 Å². The molecule has 1 aliphatic rings. The van der Waals surface area contributed by atoms with Gasteiger partial charge in [-0.2, -0.15) is 0 Å². The molecule has 0 aliphatic carbocycles. The lowest BCUT2D eigenvalue weighted by molar-refractivity contribution is 0.0957. The van der Waals surface area contributed by atoms with Crippen LogP contribution < -0.4 is 5.73 Å². The second kappa shape index (κ2) is 5.82. The smallest absolute Gasteiger partial charge is 0.0946 e. The highest BCUT2D eigenvalue weighted by atomic mass is 15.2. The van der Waals surface area contributed by atoms with Crippen LogP contribution in [0.25, 0.3) is 0 Å². The fraction of sp³-hybridized carbons (Fsp3) is 0.769. The van der Waals surface area contributed by atoms with Crippen LogP contribution in [-0.4, -0.2) is 59.1 Å². The average Bonchev–Trinajstić information content (AvgIpc) is 2.77. The number of hydrogen-bond acceptors (Lipinski definition) is 4. The Kier molecular flexibility index (Phi) is 4.37. The molecule has 1 aromatic heterocycles. The summed E-state index contributed by atoms with van der Waals surface area (Å²) < 4.78 is 2.08. The van der Waals surface area contributed by atoms with Crippen molar-refractivity contribution in [2.45, 2.75) is 24.9 Å². The van der Waals surface area contributed by atoms with Crippen molar-refractivity contribution in [1.29, 1.82) is 0 Å².